The van der Waals surface area contributed by atoms with Gasteiger partial charge in [0.15, 0.2) is 0 Å². The van der Waals surface area contributed by atoms with Crippen LogP contribution in [0.3, 0.4) is 0 Å². The van der Waals surface area contributed by atoms with Gasteiger partial charge in [-0.1, -0.05) is 12.1 Å². The second-order valence-electron chi connectivity index (χ2n) is 6.63. The van der Waals surface area contributed by atoms with Gasteiger partial charge in [0, 0.05) is 12.6 Å². The maximum Gasteiger partial charge on any atom is 0.255 e. The van der Waals surface area contributed by atoms with Crippen LogP contribution in [-0.2, 0) is 0 Å². The van der Waals surface area contributed by atoms with Crippen LogP contribution in [-0.4, -0.2) is 49.8 Å². The number of hydrogen-bond donors (Lipinski definition) is 2. The molecule has 0 saturated carbocycles. The van der Waals surface area contributed by atoms with Crippen LogP contribution in [0.15, 0.2) is 42.5 Å². The number of benzene rings is 2. The molecule has 2 N–H and O–H groups in total. The Hall–Kier alpha value is -2.73. The number of carbonyl (C=O) groups is 1. The molecule has 1 aliphatic heterocycles. The molecular weight excluding hydrogens is 344 g/mol. The monoisotopic (exact) mass is 370 g/mol. The van der Waals surface area contributed by atoms with Crippen LogP contribution in [0.4, 0.5) is 0 Å². The molecule has 0 radical (unpaired) electrons. The normalized spacial score (nSPS) is 15.3. The molecule has 1 atom stereocenters. The summed E-state index contributed by atoms with van der Waals surface area (Å²) in [5.41, 5.74) is 1.34. The van der Waals surface area contributed by atoms with E-state index in [0.29, 0.717) is 12.3 Å². The summed E-state index contributed by atoms with van der Waals surface area (Å²) in [5, 5.41) is 13.1. The summed E-state index contributed by atoms with van der Waals surface area (Å²) < 4.78 is 10.4. The van der Waals surface area contributed by atoms with E-state index in [1.54, 1.807) is 19.2 Å². The average Bonchev–Trinajstić information content (AvgIpc) is 3.22. The van der Waals surface area contributed by atoms with Crippen molar-refractivity contribution in [2.75, 3.05) is 33.9 Å². The van der Waals surface area contributed by atoms with Crippen molar-refractivity contribution in [1.29, 1.82) is 0 Å². The maximum atomic E-state index is 12.6. The molecule has 1 amide bonds. The molecule has 1 aliphatic rings. The molecule has 144 valence electrons. The minimum atomic E-state index is -0.303. The first kappa shape index (κ1) is 19.0. The Labute approximate surface area is 159 Å². The second kappa shape index (κ2) is 8.77. The number of amides is 1. The Morgan fingerprint density at radius 3 is 2.48 bits per heavy atom. The van der Waals surface area contributed by atoms with Crippen LogP contribution in [0.2, 0.25) is 0 Å². The van der Waals surface area contributed by atoms with Gasteiger partial charge in [0.1, 0.15) is 17.2 Å². The van der Waals surface area contributed by atoms with Crippen molar-refractivity contribution in [3.05, 3.63) is 53.6 Å². The molecule has 1 unspecified atom stereocenters. The molecule has 0 aromatic heterocycles. The molecule has 27 heavy (non-hydrogen) atoms. The molecule has 2 aromatic carbocycles. The smallest absolute Gasteiger partial charge is 0.255 e. The van der Waals surface area contributed by atoms with Gasteiger partial charge >= 0.3 is 0 Å². The molecule has 0 bridgehead atoms. The Kier molecular flexibility index (Phi) is 6.19. The fraction of sp³-hybridized carbons (Fsp3) is 0.381. The largest absolute Gasteiger partial charge is 0.507 e. The van der Waals surface area contributed by atoms with Crippen LogP contribution in [0.1, 0.15) is 34.8 Å². The van der Waals surface area contributed by atoms with Gasteiger partial charge in [0.2, 0.25) is 0 Å². The number of rotatable bonds is 7. The highest BCUT2D eigenvalue weighted by Gasteiger charge is 2.25. The predicted molar refractivity (Wildman–Crippen MR) is 104 cm³/mol. The van der Waals surface area contributed by atoms with Crippen LogP contribution in [0.25, 0.3) is 0 Å². The molecule has 0 aliphatic carbocycles. The van der Waals surface area contributed by atoms with Crippen LogP contribution in [0.5, 0.6) is 17.2 Å². The molecule has 0 spiro atoms. The number of nitrogens with zero attached hydrogens (tertiary/aromatic N) is 1. The van der Waals surface area contributed by atoms with E-state index >= 15 is 0 Å². The van der Waals surface area contributed by atoms with Crippen molar-refractivity contribution < 1.29 is 19.4 Å². The van der Waals surface area contributed by atoms with Gasteiger partial charge in [-0.3, -0.25) is 9.69 Å². The number of hydrogen-bond acceptors (Lipinski definition) is 5. The molecule has 1 heterocycles. The van der Waals surface area contributed by atoms with E-state index in [1.165, 1.54) is 13.2 Å². The van der Waals surface area contributed by atoms with E-state index in [-0.39, 0.29) is 23.3 Å². The Morgan fingerprint density at radius 1 is 1.11 bits per heavy atom. The number of carbonyl (C=O) groups excluding carboxylic acids is 1. The minimum absolute atomic E-state index is 0.0620. The summed E-state index contributed by atoms with van der Waals surface area (Å²) in [6.45, 7) is 2.47. The number of ether oxygens (including phenoxy) is 2. The van der Waals surface area contributed by atoms with Crippen molar-refractivity contribution in [1.82, 2.24) is 10.2 Å². The van der Waals surface area contributed by atoms with E-state index < -0.39 is 0 Å². The van der Waals surface area contributed by atoms with E-state index in [2.05, 4.69) is 16.3 Å². The number of phenols is 1. The first-order chi connectivity index (χ1) is 13.1. The summed E-state index contributed by atoms with van der Waals surface area (Å²) in [7, 11) is 3.17. The highest BCUT2D eigenvalue weighted by molar-refractivity contribution is 5.97. The summed E-state index contributed by atoms with van der Waals surface area (Å²) in [4.78, 5) is 15.0. The number of aromatic hydroxyl groups is 1. The van der Waals surface area contributed by atoms with Gasteiger partial charge < -0.3 is 19.9 Å². The number of phenolic OH excluding ortho intramolecular Hbond substituents is 1. The van der Waals surface area contributed by atoms with Gasteiger partial charge in [0.25, 0.3) is 5.91 Å². The molecule has 6 heteroatoms. The quantitative estimate of drug-likeness (QED) is 0.784. The Morgan fingerprint density at radius 2 is 1.81 bits per heavy atom. The highest BCUT2D eigenvalue weighted by atomic mass is 16.5. The van der Waals surface area contributed by atoms with E-state index in [1.807, 2.05) is 18.2 Å². The van der Waals surface area contributed by atoms with Gasteiger partial charge in [-0.15, -0.1) is 0 Å². The molecular formula is C21H26N2O4. The lowest BCUT2D eigenvalue weighted by atomic mass is 10.0. The van der Waals surface area contributed by atoms with E-state index in [0.717, 1.165) is 37.2 Å². The van der Waals surface area contributed by atoms with E-state index in [9.17, 15) is 9.90 Å². The van der Waals surface area contributed by atoms with Crippen molar-refractivity contribution in [2.24, 2.45) is 0 Å². The van der Waals surface area contributed by atoms with Gasteiger partial charge in [-0.2, -0.15) is 0 Å². The summed E-state index contributed by atoms with van der Waals surface area (Å²) in [5.74, 6) is 0.916. The summed E-state index contributed by atoms with van der Waals surface area (Å²) in [6.07, 6.45) is 2.32. The average molecular weight is 370 g/mol. The number of likely N-dealkylation sites (tertiary alicyclic amines) is 1. The third-order valence-electron chi connectivity index (χ3n) is 4.97. The van der Waals surface area contributed by atoms with Crippen molar-refractivity contribution in [3.63, 3.8) is 0 Å². The van der Waals surface area contributed by atoms with E-state index in [4.69, 9.17) is 9.47 Å². The van der Waals surface area contributed by atoms with Gasteiger partial charge in [0.05, 0.1) is 25.8 Å². The van der Waals surface area contributed by atoms with Crippen molar-refractivity contribution in [3.8, 4) is 17.2 Å². The third-order valence-corrected chi connectivity index (χ3v) is 4.97. The second-order valence-corrected chi connectivity index (χ2v) is 6.63. The van der Waals surface area contributed by atoms with Crippen LogP contribution >= 0.6 is 0 Å². The zero-order valence-electron chi connectivity index (χ0n) is 15.8. The first-order valence-corrected chi connectivity index (χ1v) is 9.15. The zero-order valence-corrected chi connectivity index (χ0v) is 15.8. The molecule has 3 rings (SSSR count). The lowest BCUT2D eigenvalue weighted by molar-refractivity contribution is 0.0935. The molecule has 6 nitrogen and oxygen atoms in total. The van der Waals surface area contributed by atoms with Crippen molar-refractivity contribution >= 4 is 5.91 Å². The Balaban J connectivity index is 1.75. The lowest BCUT2D eigenvalue weighted by Crippen LogP contribution is -2.36. The van der Waals surface area contributed by atoms with Gasteiger partial charge in [-0.25, -0.2) is 0 Å². The first-order valence-electron chi connectivity index (χ1n) is 9.15. The minimum Gasteiger partial charge on any atom is -0.507 e. The zero-order chi connectivity index (χ0) is 19.2. The highest BCUT2D eigenvalue weighted by Crippen LogP contribution is 2.28. The van der Waals surface area contributed by atoms with Crippen LogP contribution < -0.4 is 14.8 Å². The SMILES string of the molecule is COc1cccc(C(CNC(=O)c2ccc(OC)cc2O)N2CCCC2)c1. The third kappa shape index (κ3) is 4.52. The van der Waals surface area contributed by atoms with Crippen molar-refractivity contribution in [2.45, 2.75) is 18.9 Å². The number of nitrogens with one attached hydrogen (secondary N) is 1. The summed E-state index contributed by atoms with van der Waals surface area (Å²) >= 11 is 0. The fourth-order valence-electron chi connectivity index (χ4n) is 3.47. The maximum absolute atomic E-state index is 12.6. The van der Waals surface area contributed by atoms with Crippen LogP contribution in [0, 0.1) is 0 Å². The fourth-order valence-corrected chi connectivity index (χ4v) is 3.47. The molecule has 1 saturated heterocycles. The molecule has 2 aromatic rings. The predicted octanol–water partition coefficient (Wildman–Crippen LogP) is 2.98. The lowest BCUT2D eigenvalue weighted by Gasteiger charge is -2.28. The van der Waals surface area contributed by atoms with Gasteiger partial charge in [-0.05, 0) is 55.8 Å². The Bertz CT molecular complexity index is 788. The molecule has 1 fully saturated rings. The number of methoxy groups -OCH3 is 2. The topological polar surface area (TPSA) is 71.0 Å². The summed E-state index contributed by atoms with van der Waals surface area (Å²) in [6, 6.07) is 12.7. The standard InChI is InChI=1S/C21H26N2O4/c1-26-16-7-5-6-15(12-16)19(23-10-3-4-11-23)14-22-21(25)18-9-8-17(27-2)13-20(18)24/h5-9,12-13,19,24H,3-4,10-11,14H2,1-2H3,(H,22,25).